The molecule has 2 rings (SSSR count). The highest BCUT2D eigenvalue weighted by molar-refractivity contribution is 5.79. The SMILES string of the molecule is CC#CN(C)c1cc(N)cc(-c2ccc(OC(F)(F)F)cc2F)c1C. The second kappa shape index (κ2) is 6.93. The van der Waals surface area contributed by atoms with Crippen LogP contribution >= 0.6 is 0 Å². The molecule has 2 N–H and O–H groups in total. The molecular formula is C18H16F4N2O. The first-order chi connectivity index (χ1) is 11.6. The minimum atomic E-state index is -4.88. The van der Waals surface area contributed by atoms with Gasteiger partial charge in [0.15, 0.2) is 0 Å². The van der Waals surface area contributed by atoms with Gasteiger partial charge in [-0.3, -0.25) is 0 Å². The topological polar surface area (TPSA) is 38.5 Å². The first-order valence-electron chi connectivity index (χ1n) is 7.24. The van der Waals surface area contributed by atoms with Gasteiger partial charge in [0.25, 0.3) is 0 Å². The van der Waals surface area contributed by atoms with Gasteiger partial charge in [-0.2, -0.15) is 0 Å². The molecule has 0 heterocycles. The van der Waals surface area contributed by atoms with E-state index in [1.165, 1.54) is 6.07 Å². The molecule has 0 unspecified atom stereocenters. The average Bonchev–Trinajstić information content (AvgIpc) is 2.48. The van der Waals surface area contributed by atoms with Gasteiger partial charge in [-0.25, -0.2) is 4.39 Å². The Balaban J connectivity index is 2.53. The number of ether oxygens (including phenoxy) is 1. The molecule has 0 spiro atoms. The van der Waals surface area contributed by atoms with Crippen molar-refractivity contribution in [2.24, 2.45) is 0 Å². The highest BCUT2D eigenvalue weighted by atomic mass is 19.4. The number of hydrogen-bond acceptors (Lipinski definition) is 3. The van der Waals surface area contributed by atoms with Crippen LogP contribution in [0.1, 0.15) is 12.5 Å². The van der Waals surface area contributed by atoms with Crippen molar-refractivity contribution in [2.45, 2.75) is 20.2 Å². The third kappa shape index (κ3) is 4.35. The lowest BCUT2D eigenvalue weighted by atomic mass is 9.97. The van der Waals surface area contributed by atoms with Crippen molar-refractivity contribution in [3.05, 3.63) is 41.7 Å². The maximum absolute atomic E-state index is 14.4. The van der Waals surface area contributed by atoms with Crippen LogP contribution in [0, 0.1) is 24.7 Å². The van der Waals surface area contributed by atoms with E-state index in [-0.39, 0.29) is 5.56 Å². The molecule has 2 aromatic rings. The predicted octanol–water partition coefficient (Wildman–Crippen LogP) is 4.70. The van der Waals surface area contributed by atoms with Gasteiger partial charge in [0, 0.05) is 30.4 Å². The number of nitrogens with zero attached hydrogens (tertiary/aromatic N) is 1. The summed E-state index contributed by atoms with van der Waals surface area (Å²) in [5, 5.41) is 0. The first kappa shape index (κ1) is 18.5. The van der Waals surface area contributed by atoms with E-state index in [1.807, 2.05) is 0 Å². The monoisotopic (exact) mass is 352 g/mol. The van der Waals surface area contributed by atoms with E-state index in [1.54, 1.807) is 37.9 Å². The standard InChI is InChI=1S/C18H16F4N2O/c1-4-7-24(3)17-9-12(23)8-15(11(17)2)14-6-5-13(10-16(14)19)25-18(20,21)22/h5-6,8-10H,23H2,1-3H3. The van der Waals surface area contributed by atoms with Crippen LogP contribution in [0.25, 0.3) is 11.1 Å². The molecular weight excluding hydrogens is 336 g/mol. The molecule has 0 radical (unpaired) electrons. The van der Waals surface area contributed by atoms with Crippen molar-refractivity contribution < 1.29 is 22.3 Å². The highest BCUT2D eigenvalue weighted by Crippen LogP contribution is 2.36. The number of anilines is 2. The zero-order chi connectivity index (χ0) is 18.8. The zero-order valence-electron chi connectivity index (χ0n) is 13.8. The van der Waals surface area contributed by atoms with E-state index in [0.29, 0.717) is 28.6 Å². The Morgan fingerprint density at radius 1 is 1.12 bits per heavy atom. The Morgan fingerprint density at radius 3 is 2.36 bits per heavy atom. The number of nitrogens with two attached hydrogens (primary N) is 1. The van der Waals surface area contributed by atoms with Crippen molar-refractivity contribution in [3.63, 3.8) is 0 Å². The molecule has 0 bridgehead atoms. The largest absolute Gasteiger partial charge is 0.573 e. The molecule has 25 heavy (non-hydrogen) atoms. The Morgan fingerprint density at radius 2 is 1.80 bits per heavy atom. The number of rotatable bonds is 3. The lowest BCUT2D eigenvalue weighted by molar-refractivity contribution is -0.274. The number of benzene rings is 2. The van der Waals surface area contributed by atoms with Gasteiger partial charge in [0.1, 0.15) is 11.6 Å². The number of hydrogen-bond donors (Lipinski definition) is 1. The lowest BCUT2D eigenvalue weighted by Gasteiger charge is -2.19. The maximum atomic E-state index is 14.4. The van der Waals surface area contributed by atoms with Crippen LogP contribution in [0.2, 0.25) is 0 Å². The van der Waals surface area contributed by atoms with E-state index >= 15 is 0 Å². The van der Waals surface area contributed by atoms with Crippen molar-refractivity contribution in [1.82, 2.24) is 0 Å². The normalized spacial score (nSPS) is 10.8. The summed E-state index contributed by atoms with van der Waals surface area (Å²) in [6, 6.07) is 9.09. The van der Waals surface area contributed by atoms with E-state index in [2.05, 4.69) is 16.7 Å². The average molecular weight is 352 g/mol. The van der Waals surface area contributed by atoms with Crippen molar-refractivity contribution >= 4 is 11.4 Å². The Labute approximate surface area is 143 Å². The summed E-state index contributed by atoms with van der Waals surface area (Å²) in [5.41, 5.74) is 8.25. The van der Waals surface area contributed by atoms with Crippen molar-refractivity contribution in [2.75, 3.05) is 17.7 Å². The van der Waals surface area contributed by atoms with Gasteiger partial charge in [0.2, 0.25) is 0 Å². The van der Waals surface area contributed by atoms with Crippen LogP contribution in [0.3, 0.4) is 0 Å². The summed E-state index contributed by atoms with van der Waals surface area (Å²) in [6.45, 7) is 3.44. The lowest BCUT2D eigenvalue weighted by Crippen LogP contribution is -2.17. The van der Waals surface area contributed by atoms with Crippen LogP contribution in [0.15, 0.2) is 30.3 Å². The molecule has 0 saturated carbocycles. The Bertz CT molecular complexity index is 851. The van der Waals surface area contributed by atoms with E-state index in [4.69, 9.17) is 5.73 Å². The van der Waals surface area contributed by atoms with Crippen molar-refractivity contribution in [3.8, 4) is 28.8 Å². The zero-order valence-corrected chi connectivity index (χ0v) is 13.8. The minimum Gasteiger partial charge on any atom is -0.406 e. The second-order valence-corrected chi connectivity index (χ2v) is 5.32. The van der Waals surface area contributed by atoms with E-state index < -0.39 is 17.9 Å². The van der Waals surface area contributed by atoms with Gasteiger partial charge in [-0.05, 0) is 49.2 Å². The molecule has 0 aromatic heterocycles. The summed E-state index contributed by atoms with van der Waals surface area (Å²) < 4.78 is 54.8. The summed E-state index contributed by atoms with van der Waals surface area (Å²) >= 11 is 0. The third-order valence-electron chi connectivity index (χ3n) is 3.51. The van der Waals surface area contributed by atoms with Gasteiger partial charge in [-0.15, -0.1) is 13.2 Å². The molecule has 0 aliphatic rings. The first-order valence-corrected chi connectivity index (χ1v) is 7.24. The molecule has 0 aliphatic heterocycles. The number of alkyl halides is 3. The van der Waals surface area contributed by atoms with Crippen molar-refractivity contribution in [1.29, 1.82) is 0 Å². The van der Waals surface area contributed by atoms with Gasteiger partial charge in [-0.1, -0.05) is 5.92 Å². The molecule has 0 atom stereocenters. The van der Waals surface area contributed by atoms with Gasteiger partial charge in [0.05, 0.1) is 5.69 Å². The fraction of sp³-hybridized carbons (Fsp3) is 0.222. The Hall–Kier alpha value is -2.88. The Kier molecular flexibility index (Phi) is 5.12. The highest BCUT2D eigenvalue weighted by Gasteiger charge is 2.31. The summed E-state index contributed by atoms with van der Waals surface area (Å²) in [6.07, 6.45) is -4.88. The number of nitrogen functional groups attached to an aromatic ring is 1. The summed E-state index contributed by atoms with van der Waals surface area (Å²) in [5.74, 6) is 1.29. The summed E-state index contributed by atoms with van der Waals surface area (Å²) in [4.78, 5) is 1.65. The number of halogens is 4. The molecule has 0 saturated heterocycles. The molecule has 0 amide bonds. The van der Waals surface area contributed by atoms with Crippen LogP contribution in [-0.2, 0) is 0 Å². The van der Waals surface area contributed by atoms with Crippen LogP contribution in [-0.4, -0.2) is 13.4 Å². The fourth-order valence-corrected chi connectivity index (χ4v) is 2.49. The van der Waals surface area contributed by atoms with Crippen LogP contribution in [0.4, 0.5) is 28.9 Å². The smallest absolute Gasteiger partial charge is 0.406 e. The van der Waals surface area contributed by atoms with Crippen LogP contribution < -0.4 is 15.4 Å². The quantitative estimate of drug-likeness (QED) is 0.377. The fourth-order valence-electron chi connectivity index (χ4n) is 2.49. The summed E-state index contributed by atoms with van der Waals surface area (Å²) in [7, 11) is 1.73. The van der Waals surface area contributed by atoms with E-state index in [9.17, 15) is 17.6 Å². The molecule has 0 fully saturated rings. The maximum Gasteiger partial charge on any atom is 0.573 e. The third-order valence-corrected chi connectivity index (χ3v) is 3.51. The predicted molar refractivity (Wildman–Crippen MR) is 89.5 cm³/mol. The molecule has 7 heteroatoms. The molecule has 132 valence electrons. The van der Waals surface area contributed by atoms with Gasteiger partial charge < -0.3 is 15.4 Å². The van der Waals surface area contributed by atoms with Gasteiger partial charge >= 0.3 is 6.36 Å². The molecule has 0 aliphatic carbocycles. The molecule has 2 aromatic carbocycles. The van der Waals surface area contributed by atoms with Crippen LogP contribution in [0.5, 0.6) is 5.75 Å². The van der Waals surface area contributed by atoms with E-state index in [0.717, 1.165) is 6.07 Å². The second-order valence-electron chi connectivity index (χ2n) is 5.32. The molecule has 3 nitrogen and oxygen atoms in total. The minimum absolute atomic E-state index is 0.124.